The van der Waals surface area contributed by atoms with Gasteiger partial charge in [0, 0.05) is 13.6 Å². The minimum atomic E-state index is -4.34. The molecule has 1 aromatic rings. The number of urea groups is 1. The Bertz CT molecular complexity index is 389. The van der Waals surface area contributed by atoms with E-state index in [1.54, 1.807) is 0 Å². The number of nitrogens with zero attached hydrogens (tertiary/aromatic N) is 1. The number of primary amides is 1. The molecule has 17 heavy (non-hydrogen) atoms. The lowest BCUT2D eigenvalue weighted by molar-refractivity contribution is -0.137. The molecule has 2 amide bonds. The predicted octanol–water partition coefficient (Wildman–Crippen LogP) is 1.72. The monoisotopic (exact) mass is 247 g/mol. The van der Waals surface area contributed by atoms with Crippen LogP contribution in [0.1, 0.15) is 11.1 Å². The van der Waals surface area contributed by atoms with Crippen LogP contribution < -0.4 is 11.2 Å². The second kappa shape index (κ2) is 5.05. The molecule has 0 saturated heterocycles. The van der Waals surface area contributed by atoms with Gasteiger partial charge in [-0.1, -0.05) is 12.1 Å². The molecule has 0 heterocycles. The van der Waals surface area contributed by atoms with Crippen molar-refractivity contribution in [3.63, 3.8) is 0 Å². The molecule has 1 aromatic carbocycles. The van der Waals surface area contributed by atoms with Gasteiger partial charge in [0.25, 0.3) is 0 Å². The molecular formula is C10H12F3N3O. The van der Waals surface area contributed by atoms with Crippen LogP contribution in [0.2, 0.25) is 0 Å². The lowest BCUT2D eigenvalue weighted by Crippen LogP contribution is -2.42. The summed E-state index contributed by atoms with van der Waals surface area (Å²) in [5.41, 5.74) is 7.50. The predicted molar refractivity (Wildman–Crippen MR) is 55.6 cm³/mol. The maximum atomic E-state index is 12.3. The highest BCUT2D eigenvalue weighted by Gasteiger charge is 2.29. The number of carbonyl (C=O) groups is 1. The van der Waals surface area contributed by atoms with E-state index in [0.29, 0.717) is 5.56 Å². The number of hydrazine groups is 1. The molecule has 0 saturated carbocycles. The van der Waals surface area contributed by atoms with Crippen molar-refractivity contribution in [3.8, 4) is 0 Å². The lowest BCUT2D eigenvalue weighted by atomic mass is 10.1. The van der Waals surface area contributed by atoms with E-state index in [1.807, 2.05) is 0 Å². The summed E-state index contributed by atoms with van der Waals surface area (Å²) in [6.07, 6.45) is -4.34. The van der Waals surface area contributed by atoms with Gasteiger partial charge in [0.15, 0.2) is 0 Å². The standard InChI is InChI=1S/C10H12F3N3O/c1-16(9(14)17)15-6-7-2-4-8(5-3-7)10(11,12)13/h2-5,15H,6H2,1H3,(H2,14,17). The maximum absolute atomic E-state index is 12.3. The zero-order valence-electron chi connectivity index (χ0n) is 9.08. The van der Waals surface area contributed by atoms with Crippen molar-refractivity contribution in [2.75, 3.05) is 7.05 Å². The number of hydrogen-bond donors (Lipinski definition) is 2. The van der Waals surface area contributed by atoms with Crippen LogP contribution in [0.4, 0.5) is 18.0 Å². The molecule has 94 valence electrons. The first-order valence-corrected chi connectivity index (χ1v) is 4.73. The molecule has 0 unspecified atom stereocenters. The van der Waals surface area contributed by atoms with Gasteiger partial charge >= 0.3 is 12.2 Å². The summed E-state index contributed by atoms with van der Waals surface area (Å²) in [5, 5.41) is 1.05. The Morgan fingerprint density at radius 2 is 1.88 bits per heavy atom. The topological polar surface area (TPSA) is 58.4 Å². The van der Waals surface area contributed by atoms with Gasteiger partial charge < -0.3 is 5.73 Å². The van der Waals surface area contributed by atoms with E-state index in [2.05, 4.69) is 5.43 Å². The Hall–Kier alpha value is -1.76. The Morgan fingerprint density at radius 1 is 1.35 bits per heavy atom. The molecule has 0 radical (unpaired) electrons. The van der Waals surface area contributed by atoms with Crippen molar-refractivity contribution in [2.24, 2.45) is 5.73 Å². The Kier molecular flexibility index (Phi) is 3.95. The van der Waals surface area contributed by atoms with Crippen LogP contribution in [-0.2, 0) is 12.7 Å². The van der Waals surface area contributed by atoms with Crippen molar-refractivity contribution in [2.45, 2.75) is 12.7 Å². The smallest absolute Gasteiger partial charge is 0.350 e. The van der Waals surface area contributed by atoms with Crippen LogP contribution in [0.3, 0.4) is 0 Å². The summed E-state index contributed by atoms with van der Waals surface area (Å²) in [7, 11) is 1.42. The van der Waals surface area contributed by atoms with E-state index in [0.717, 1.165) is 17.1 Å². The van der Waals surface area contributed by atoms with E-state index in [9.17, 15) is 18.0 Å². The molecule has 0 atom stereocenters. The summed E-state index contributed by atoms with van der Waals surface area (Å²) in [5.74, 6) is 0. The molecule has 3 N–H and O–H groups in total. The number of benzene rings is 1. The van der Waals surface area contributed by atoms with Gasteiger partial charge in [0.1, 0.15) is 0 Å². The Labute approximate surface area is 96.2 Å². The third-order valence-corrected chi connectivity index (χ3v) is 2.13. The van der Waals surface area contributed by atoms with Crippen LogP contribution in [0, 0.1) is 0 Å². The van der Waals surface area contributed by atoms with Crippen LogP contribution in [0.5, 0.6) is 0 Å². The second-order valence-electron chi connectivity index (χ2n) is 3.43. The number of amides is 2. The Morgan fingerprint density at radius 3 is 2.29 bits per heavy atom. The van der Waals surface area contributed by atoms with Crippen LogP contribution in [-0.4, -0.2) is 18.1 Å². The minimum absolute atomic E-state index is 0.220. The van der Waals surface area contributed by atoms with Crippen molar-refractivity contribution in [1.82, 2.24) is 10.4 Å². The quantitative estimate of drug-likeness (QED) is 0.799. The van der Waals surface area contributed by atoms with Gasteiger partial charge in [0.2, 0.25) is 0 Å². The van der Waals surface area contributed by atoms with Gasteiger partial charge in [-0.05, 0) is 17.7 Å². The highest BCUT2D eigenvalue weighted by atomic mass is 19.4. The molecule has 1 rings (SSSR count). The Balaban J connectivity index is 2.60. The number of nitrogens with one attached hydrogen (secondary N) is 1. The van der Waals surface area contributed by atoms with Crippen LogP contribution in [0.25, 0.3) is 0 Å². The van der Waals surface area contributed by atoms with E-state index in [-0.39, 0.29) is 6.54 Å². The number of rotatable bonds is 3. The molecular weight excluding hydrogens is 235 g/mol. The number of nitrogens with two attached hydrogens (primary N) is 1. The largest absolute Gasteiger partial charge is 0.416 e. The van der Waals surface area contributed by atoms with Crippen molar-refractivity contribution in [1.29, 1.82) is 0 Å². The number of hydrogen-bond acceptors (Lipinski definition) is 2. The summed E-state index contributed by atoms with van der Waals surface area (Å²) in [6, 6.07) is 3.98. The number of carbonyl (C=O) groups excluding carboxylic acids is 1. The second-order valence-corrected chi connectivity index (χ2v) is 3.43. The van der Waals surface area contributed by atoms with E-state index in [4.69, 9.17) is 5.73 Å². The van der Waals surface area contributed by atoms with Crippen LogP contribution in [0.15, 0.2) is 24.3 Å². The van der Waals surface area contributed by atoms with Gasteiger partial charge in [-0.2, -0.15) is 13.2 Å². The summed E-state index contributed by atoms with van der Waals surface area (Å²) >= 11 is 0. The average molecular weight is 247 g/mol. The van der Waals surface area contributed by atoms with Crippen molar-refractivity contribution >= 4 is 6.03 Å². The van der Waals surface area contributed by atoms with Gasteiger partial charge in [-0.3, -0.25) is 5.01 Å². The first-order chi connectivity index (χ1) is 7.80. The van der Waals surface area contributed by atoms with Crippen molar-refractivity contribution < 1.29 is 18.0 Å². The molecule has 0 fully saturated rings. The highest BCUT2D eigenvalue weighted by Crippen LogP contribution is 2.28. The van der Waals surface area contributed by atoms with Gasteiger partial charge in [-0.25, -0.2) is 10.2 Å². The fraction of sp³-hybridized carbons (Fsp3) is 0.300. The highest BCUT2D eigenvalue weighted by molar-refractivity contribution is 5.70. The van der Waals surface area contributed by atoms with Crippen molar-refractivity contribution in [3.05, 3.63) is 35.4 Å². The zero-order chi connectivity index (χ0) is 13.1. The third-order valence-electron chi connectivity index (χ3n) is 2.13. The normalized spacial score (nSPS) is 11.3. The van der Waals surface area contributed by atoms with Crippen LogP contribution >= 0.6 is 0 Å². The maximum Gasteiger partial charge on any atom is 0.416 e. The van der Waals surface area contributed by atoms with E-state index in [1.165, 1.54) is 19.2 Å². The fourth-order valence-electron chi connectivity index (χ4n) is 1.10. The lowest BCUT2D eigenvalue weighted by Gasteiger charge is -2.15. The summed E-state index contributed by atoms with van der Waals surface area (Å²) in [6.45, 7) is 0.220. The molecule has 0 aromatic heterocycles. The molecule has 0 aliphatic heterocycles. The first-order valence-electron chi connectivity index (χ1n) is 4.73. The minimum Gasteiger partial charge on any atom is -0.350 e. The van der Waals surface area contributed by atoms with E-state index >= 15 is 0 Å². The van der Waals surface area contributed by atoms with E-state index < -0.39 is 17.8 Å². The molecule has 0 aliphatic carbocycles. The summed E-state index contributed by atoms with van der Waals surface area (Å²) < 4.78 is 36.8. The number of alkyl halides is 3. The number of halogens is 3. The fourth-order valence-corrected chi connectivity index (χ4v) is 1.10. The molecule has 0 bridgehead atoms. The molecule has 0 aliphatic rings. The zero-order valence-corrected chi connectivity index (χ0v) is 9.08. The third kappa shape index (κ3) is 3.95. The SMILES string of the molecule is CN(NCc1ccc(C(F)(F)F)cc1)C(N)=O. The molecule has 7 heteroatoms. The summed E-state index contributed by atoms with van der Waals surface area (Å²) in [4.78, 5) is 10.6. The molecule has 0 spiro atoms. The van der Waals surface area contributed by atoms with Gasteiger partial charge in [-0.15, -0.1) is 0 Å². The van der Waals surface area contributed by atoms with Gasteiger partial charge in [0.05, 0.1) is 5.56 Å². The first kappa shape index (κ1) is 13.3. The average Bonchev–Trinajstić information content (AvgIpc) is 2.25. The molecule has 4 nitrogen and oxygen atoms in total.